The Balaban J connectivity index is 2.26. The van der Waals surface area contributed by atoms with Crippen molar-refractivity contribution < 1.29 is 19.0 Å². The fourth-order valence-electron chi connectivity index (χ4n) is 2.74. The zero-order valence-electron chi connectivity index (χ0n) is 12.6. The highest BCUT2D eigenvalue weighted by Crippen LogP contribution is 2.36. The van der Waals surface area contributed by atoms with Crippen molar-refractivity contribution in [1.29, 1.82) is 0 Å². The summed E-state index contributed by atoms with van der Waals surface area (Å²) >= 11 is 0. The van der Waals surface area contributed by atoms with Gasteiger partial charge in [-0.1, -0.05) is 12.1 Å². The van der Waals surface area contributed by atoms with Crippen LogP contribution in [0.3, 0.4) is 0 Å². The Labute approximate surface area is 132 Å². The highest BCUT2D eigenvalue weighted by atomic mass is 19.1. The lowest BCUT2D eigenvalue weighted by atomic mass is 10.0. The zero-order chi connectivity index (χ0) is 16.4. The van der Waals surface area contributed by atoms with Gasteiger partial charge in [0.1, 0.15) is 11.6 Å². The molecule has 4 nitrogen and oxygen atoms in total. The molecule has 0 bridgehead atoms. The smallest absolute Gasteiger partial charge is 0.307 e. The van der Waals surface area contributed by atoms with Gasteiger partial charge in [0.2, 0.25) is 0 Å². The Kier molecular flexibility index (Phi) is 4.02. The minimum absolute atomic E-state index is 0.195. The second-order valence-corrected chi connectivity index (χ2v) is 5.17. The number of para-hydroxylation sites is 1. The number of aromatic amines is 1. The van der Waals surface area contributed by atoms with Gasteiger partial charge >= 0.3 is 5.97 Å². The fraction of sp³-hybridized carbons (Fsp3) is 0.167. The molecule has 0 aliphatic heterocycles. The number of aliphatic carboxylic acids is 1. The summed E-state index contributed by atoms with van der Waals surface area (Å²) in [5, 5.41) is 9.80. The molecule has 0 fully saturated rings. The first-order chi connectivity index (χ1) is 11.1. The number of fused-ring (bicyclic) bond motifs is 1. The topological polar surface area (TPSA) is 62.3 Å². The van der Waals surface area contributed by atoms with Crippen LogP contribution in [0.5, 0.6) is 5.75 Å². The highest BCUT2D eigenvalue weighted by Gasteiger charge is 2.18. The van der Waals surface area contributed by atoms with Crippen LogP contribution in [0.1, 0.15) is 12.5 Å². The summed E-state index contributed by atoms with van der Waals surface area (Å²) in [6, 6.07) is 11.7. The van der Waals surface area contributed by atoms with Gasteiger partial charge in [-0.2, -0.15) is 0 Å². The minimum Gasteiger partial charge on any atom is -0.493 e. The number of rotatable bonds is 5. The summed E-state index contributed by atoms with van der Waals surface area (Å²) < 4.78 is 19.2. The monoisotopic (exact) mass is 313 g/mol. The predicted molar refractivity (Wildman–Crippen MR) is 86.2 cm³/mol. The maximum atomic E-state index is 13.6. The number of hydrogen-bond donors (Lipinski definition) is 2. The van der Waals surface area contributed by atoms with Crippen LogP contribution >= 0.6 is 0 Å². The summed E-state index contributed by atoms with van der Waals surface area (Å²) in [7, 11) is 0. The van der Waals surface area contributed by atoms with Gasteiger partial charge in [0.05, 0.1) is 18.7 Å². The van der Waals surface area contributed by atoms with Crippen LogP contribution < -0.4 is 4.74 Å². The molecule has 118 valence electrons. The molecule has 0 atom stereocenters. The number of ether oxygens (including phenoxy) is 1. The van der Waals surface area contributed by atoms with Gasteiger partial charge in [-0.05, 0) is 42.8 Å². The van der Waals surface area contributed by atoms with E-state index in [0.29, 0.717) is 34.5 Å². The third kappa shape index (κ3) is 2.90. The van der Waals surface area contributed by atoms with Crippen molar-refractivity contribution in [2.45, 2.75) is 13.3 Å². The van der Waals surface area contributed by atoms with E-state index in [1.807, 2.05) is 31.2 Å². The van der Waals surface area contributed by atoms with Crippen molar-refractivity contribution in [3.63, 3.8) is 0 Å². The third-order valence-corrected chi connectivity index (χ3v) is 3.65. The van der Waals surface area contributed by atoms with Gasteiger partial charge in [0.25, 0.3) is 0 Å². The van der Waals surface area contributed by atoms with Crippen LogP contribution in [0.25, 0.3) is 22.2 Å². The number of benzene rings is 2. The molecule has 2 N–H and O–H groups in total. The number of H-pyrrole nitrogens is 1. The van der Waals surface area contributed by atoms with Gasteiger partial charge in [-0.15, -0.1) is 0 Å². The third-order valence-electron chi connectivity index (χ3n) is 3.65. The van der Waals surface area contributed by atoms with E-state index in [4.69, 9.17) is 4.74 Å². The molecule has 3 rings (SSSR count). The molecular formula is C18H16FNO3. The van der Waals surface area contributed by atoms with E-state index >= 15 is 0 Å². The van der Waals surface area contributed by atoms with Crippen LogP contribution in [-0.2, 0) is 11.2 Å². The molecule has 1 heterocycles. The Morgan fingerprint density at radius 2 is 2.04 bits per heavy atom. The molecule has 0 spiro atoms. The number of carbonyl (C=O) groups is 1. The van der Waals surface area contributed by atoms with Crippen molar-refractivity contribution in [2.24, 2.45) is 0 Å². The molecular weight excluding hydrogens is 297 g/mol. The summed E-state index contributed by atoms with van der Waals surface area (Å²) in [4.78, 5) is 14.5. The molecule has 0 radical (unpaired) electrons. The molecule has 0 unspecified atom stereocenters. The largest absolute Gasteiger partial charge is 0.493 e. The Morgan fingerprint density at radius 1 is 1.26 bits per heavy atom. The number of carboxylic acids is 1. The minimum atomic E-state index is -0.967. The average Bonchev–Trinajstić information content (AvgIpc) is 2.86. The maximum absolute atomic E-state index is 13.6. The van der Waals surface area contributed by atoms with Gasteiger partial charge in [-0.3, -0.25) is 4.79 Å². The molecule has 0 saturated carbocycles. The molecule has 0 aliphatic rings. The van der Waals surface area contributed by atoms with Crippen molar-refractivity contribution in [2.75, 3.05) is 6.61 Å². The highest BCUT2D eigenvalue weighted by molar-refractivity contribution is 5.94. The molecule has 0 amide bonds. The Bertz CT molecular complexity index is 870. The van der Waals surface area contributed by atoms with Gasteiger partial charge < -0.3 is 14.8 Å². The second-order valence-electron chi connectivity index (χ2n) is 5.17. The first-order valence-corrected chi connectivity index (χ1v) is 7.34. The van der Waals surface area contributed by atoms with E-state index in [2.05, 4.69) is 4.98 Å². The molecule has 23 heavy (non-hydrogen) atoms. The quantitative estimate of drug-likeness (QED) is 0.748. The van der Waals surface area contributed by atoms with Crippen molar-refractivity contribution in [3.05, 3.63) is 53.8 Å². The molecule has 5 heteroatoms. The summed E-state index contributed by atoms with van der Waals surface area (Å²) in [5.41, 5.74) is 2.67. The van der Waals surface area contributed by atoms with Crippen LogP contribution in [0.15, 0.2) is 42.5 Å². The zero-order valence-corrected chi connectivity index (χ0v) is 12.6. The number of nitrogens with one attached hydrogen (secondary N) is 1. The molecule has 2 aromatic carbocycles. The van der Waals surface area contributed by atoms with E-state index in [1.165, 1.54) is 12.1 Å². The molecule has 3 aromatic rings. The van der Waals surface area contributed by atoms with E-state index < -0.39 is 11.8 Å². The summed E-state index contributed by atoms with van der Waals surface area (Å²) in [5.74, 6) is -0.702. The lowest BCUT2D eigenvalue weighted by molar-refractivity contribution is -0.136. The van der Waals surface area contributed by atoms with Crippen molar-refractivity contribution >= 4 is 16.9 Å². The number of halogens is 1. The summed E-state index contributed by atoms with van der Waals surface area (Å²) in [6.45, 7) is 2.38. The first kappa shape index (κ1) is 15.1. The van der Waals surface area contributed by atoms with Crippen LogP contribution in [-0.4, -0.2) is 22.7 Å². The van der Waals surface area contributed by atoms with E-state index in [0.717, 1.165) is 5.56 Å². The molecule has 1 aromatic heterocycles. The van der Waals surface area contributed by atoms with Crippen molar-refractivity contribution in [3.8, 4) is 17.0 Å². The number of hydrogen-bond acceptors (Lipinski definition) is 2. The van der Waals surface area contributed by atoms with Gasteiger partial charge in [0.15, 0.2) is 0 Å². The van der Waals surface area contributed by atoms with Gasteiger partial charge in [-0.25, -0.2) is 4.39 Å². The standard InChI is InChI=1S/C18H16FNO3/c1-2-23-16-6-4-3-5-12(16)18-14(10-17(21)22)13-9-11(19)7-8-15(13)20-18/h3-9,20H,2,10H2,1H3,(H,21,22). The second kappa shape index (κ2) is 6.12. The van der Waals surface area contributed by atoms with E-state index in [-0.39, 0.29) is 6.42 Å². The van der Waals surface area contributed by atoms with Gasteiger partial charge in [0, 0.05) is 16.5 Å². The van der Waals surface area contributed by atoms with Crippen LogP contribution in [0, 0.1) is 5.82 Å². The average molecular weight is 313 g/mol. The number of carboxylic acid groups (broad SMARTS) is 1. The van der Waals surface area contributed by atoms with E-state index in [9.17, 15) is 14.3 Å². The predicted octanol–water partition coefficient (Wildman–Crippen LogP) is 4.00. The van der Waals surface area contributed by atoms with Crippen LogP contribution in [0.4, 0.5) is 4.39 Å². The Hall–Kier alpha value is -2.82. The molecule has 0 aliphatic carbocycles. The normalized spacial score (nSPS) is 10.9. The van der Waals surface area contributed by atoms with Crippen molar-refractivity contribution in [1.82, 2.24) is 4.98 Å². The number of aromatic nitrogens is 1. The SMILES string of the molecule is CCOc1ccccc1-c1[nH]c2ccc(F)cc2c1CC(=O)O. The Morgan fingerprint density at radius 3 is 2.78 bits per heavy atom. The lowest BCUT2D eigenvalue weighted by Gasteiger charge is -2.10. The fourth-order valence-corrected chi connectivity index (χ4v) is 2.74. The maximum Gasteiger partial charge on any atom is 0.307 e. The lowest BCUT2D eigenvalue weighted by Crippen LogP contribution is -2.02. The van der Waals surface area contributed by atoms with E-state index in [1.54, 1.807) is 6.07 Å². The summed E-state index contributed by atoms with van der Waals surface area (Å²) in [6.07, 6.45) is -0.195. The first-order valence-electron chi connectivity index (χ1n) is 7.34. The molecule has 0 saturated heterocycles. The van der Waals surface area contributed by atoms with Crippen LogP contribution in [0.2, 0.25) is 0 Å².